The number of nitrogens with zero attached hydrogens (tertiary/aromatic N) is 4. The fourth-order valence-electron chi connectivity index (χ4n) is 2.22. The molecule has 0 amide bonds. The molecule has 3 heterocycles. The molecule has 0 radical (unpaired) electrons. The third-order valence-electron chi connectivity index (χ3n) is 3.43. The Morgan fingerprint density at radius 3 is 2.60 bits per heavy atom. The van der Waals surface area contributed by atoms with E-state index in [1.807, 2.05) is 0 Å². The van der Waals surface area contributed by atoms with Gasteiger partial charge in [-0.15, -0.1) is 0 Å². The molecule has 0 N–H and O–H groups in total. The van der Waals surface area contributed by atoms with Crippen LogP contribution in [0.15, 0.2) is 40.0 Å². The summed E-state index contributed by atoms with van der Waals surface area (Å²) in [5.41, 5.74) is -1.08. The summed E-state index contributed by atoms with van der Waals surface area (Å²) >= 11 is 3.16. The maximum Gasteiger partial charge on any atom is 0.435 e. The van der Waals surface area contributed by atoms with Crippen LogP contribution in [0.1, 0.15) is 12.6 Å². The van der Waals surface area contributed by atoms with Gasteiger partial charge in [0.05, 0.1) is 16.3 Å². The Morgan fingerprint density at radius 2 is 1.96 bits per heavy atom. The molecule has 0 bridgehead atoms. The summed E-state index contributed by atoms with van der Waals surface area (Å²) in [6.07, 6.45) is -2.00. The molecule has 132 valence electrons. The lowest BCUT2D eigenvalue weighted by Gasteiger charge is -2.10. The van der Waals surface area contributed by atoms with Crippen LogP contribution in [0, 0.1) is 0 Å². The second kappa shape index (κ2) is 6.06. The van der Waals surface area contributed by atoms with E-state index >= 15 is 0 Å². The van der Waals surface area contributed by atoms with Crippen molar-refractivity contribution in [3.05, 3.63) is 40.8 Å². The Hall–Kier alpha value is -2.01. The van der Waals surface area contributed by atoms with Gasteiger partial charge in [0.2, 0.25) is 0 Å². The number of sulfone groups is 1. The Kier molecular flexibility index (Phi) is 4.31. The van der Waals surface area contributed by atoms with E-state index < -0.39 is 21.7 Å². The number of hydrogen-bond acceptors (Lipinski definition) is 5. The van der Waals surface area contributed by atoms with Gasteiger partial charge >= 0.3 is 6.18 Å². The van der Waals surface area contributed by atoms with Gasteiger partial charge in [-0.1, -0.05) is 6.92 Å². The van der Waals surface area contributed by atoms with Crippen LogP contribution in [0.4, 0.5) is 13.2 Å². The molecule has 0 fully saturated rings. The van der Waals surface area contributed by atoms with Crippen molar-refractivity contribution in [2.75, 3.05) is 5.75 Å². The van der Waals surface area contributed by atoms with Crippen molar-refractivity contribution in [1.82, 2.24) is 19.6 Å². The minimum Gasteiger partial charge on any atom is -0.252 e. The fourth-order valence-corrected chi connectivity index (χ4v) is 3.77. The first-order chi connectivity index (χ1) is 11.6. The summed E-state index contributed by atoms with van der Waals surface area (Å²) in [6, 6.07) is 3.52. The molecular formula is C14H10BrF3N4O2S. The Balaban J connectivity index is 2.33. The van der Waals surface area contributed by atoms with Crippen LogP contribution < -0.4 is 0 Å². The SMILES string of the molecule is CCS(=O)(=O)c1cc(Br)cnc1-c1ccnc2cc(C(F)(F)F)nn12. The first kappa shape index (κ1) is 17.8. The number of rotatable bonds is 3. The third kappa shape index (κ3) is 3.25. The highest BCUT2D eigenvalue weighted by Crippen LogP contribution is 2.32. The zero-order valence-electron chi connectivity index (χ0n) is 12.6. The lowest BCUT2D eigenvalue weighted by molar-refractivity contribution is -0.141. The van der Waals surface area contributed by atoms with Crippen molar-refractivity contribution >= 4 is 31.4 Å². The Morgan fingerprint density at radius 1 is 1.24 bits per heavy atom. The van der Waals surface area contributed by atoms with E-state index in [9.17, 15) is 21.6 Å². The standard InChI is InChI=1S/C14H10BrF3N4O2S/c1-2-25(23,24)10-5-8(15)7-20-13(10)9-3-4-19-12-6-11(14(16,17)18)21-22(9)12/h3-7H,2H2,1H3. The number of fused-ring (bicyclic) bond motifs is 1. The summed E-state index contributed by atoms with van der Waals surface area (Å²) in [6.45, 7) is 1.47. The topological polar surface area (TPSA) is 77.2 Å². The molecule has 0 aliphatic heterocycles. The van der Waals surface area contributed by atoms with E-state index in [2.05, 4.69) is 31.0 Å². The van der Waals surface area contributed by atoms with Gasteiger partial charge in [-0.2, -0.15) is 18.3 Å². The second-order valence-electron chi connectivity index (χ2n) is 5.03. The Bertz CT molecular complexity index is 1060. The van der Waals surface area contributed by atoms with Crippen LogP contribution in [0.25, 0.3) is 17.0 Å². The van der Waals surface area contributed by atoms with Crippen LogP contribution in [0.5, 0.6) is 0 Å². The quantitative estimate of drug-likeness (QED) is 0.631. The first-order valence-corrected chi connectivity index (χ1v) is 9.38. The van der Waals surface area contributed by atoms with E-state index in [4.69, 9.17) is 0 Å². The summed E-state index contributed by atoms with van der Waals surface area (Å²) in [7, 11) is -3.67. The molecule has 3 aromatic heterocycles. The number of aromatic nitrogens is 4. The summed E-state index contributed by atoms with van der Waals surface area (Å²) < 4.78 is 64.8. The van der Waals surface area contributed by atoms with Gasteiger partial charge in [0.1, 0.15) is 5.69 Å². The molecule has 0 saturated heterocycles. The largest absolute Gasteiger partial charge is 0.435 e. The molecule has 11 heteroatoms. The van der Waals surface area contributed by atoms with Crippen LogP contribution in [0.3, 0.4) is 0 Å². The van der Waals surface area contributed by atoms with Gasteiger partial charge in [0, 0.05) is 22.9 Å². The average molecular weight is 435 g/mol. The molecule has 3 aromatic rings. The highest BCUT2D eigenvalue weighted by molar-refractivity contribution is 9.10. The van der Waals surface area contributed by atoms with Crippen LogP contribution >= 0.6 is 15.9 Å². The van der Waals surface area contributed by atoms with Crippen molar-refractivity contribution < 1.29 is 21.6 Å². The van der Waals surface area contributed by atoms with Crippen LogP contribution in [0.2, 0.25) is 0 Å². The smallest absolute Gasteiger partial charge is 0.252 e. The second-order valence-corrected chi connectivity index (χ2v) is 8.19. The number of pyridine rings is 1. The lowest BCUT2D eigenvalue weighted by Crippen LogP contribution is -2.09. The van der Waals surface area contributed by atoms with Crippen LogP contribution in [-0.4, -0.2) is 33.8 Å². The van der Waals surface area contributed by atoms with E-state index in [0.29, 0.717) is 4.47 Å². The Labute approximate surface area is 148 Å². The minimum atomic E-state index is -4.64. The van der Waals surface area contributed by atoms with Gasteiger partial charge in [0.25, 0.3) is 0 Å². The molecule has 6 nitrogen and oxygen atoms in total. The predicted molar refractivity (Wildman–Crippen MR) is 86.6 cm³/mol. The monoisotopic (exact) mass is 434 g/mol. The molecule has 0 unspecified atom stereocenters. The molecule has 0 atom stereocenters. The number of alkyl halides is 3. The molecule has 0 saturated carbocycles. The molecule has 25 heavy (non-hydrogen) atoms. The molecule has 0 aromatic carbocycles. The zero-order chi connectivity index (χ0) is 18.4. The lowest BCUT2D eigenvalue weighted by atomic mass is 10.2. The zero-order valence-corrected chi connectivity index (χ0v) is 15.0. The first-order valence-electron chi connectivity index (χ1n) is 6.94. The van der Waals surface area contributed by atoms with Crippen molar-refractivity contribution in [1.29, 1.82) is 0 Å². The average Bonchev–Trinajstić information content (AvgIpc) is 2.99. The molecule has 0 spiro atoms. The summed E-state index contributed by atoms with van der Waals surface area (Å²) in [4.78, 5) is 7.84. The van der Waals surface area contributed by atoms with Crippen molar-refractivity contribution in [2.24, 2.45) is 0 Å². The number of hydrogen-bond donors (Lipinski definition) is 0. The highest BCUT2D eigenvalue weighted by Gasteiger charge is 2.35. The third-order valence-corrected chi connectivity index (χ3v) is 5.60. The molecule has 0 aliphatic carbocycles. The maximum absolute atomic E-state index is 12.9. The van der Waals surface area contributed by atoms with Gasteiger partial charge < -0.3 is 0 Å². The van der Waals surface area contributed by atoms with E-state index in [0.717, 1.165) is 10.6 Å². The van der Waals surface area contributed by atoms with Crippen LogP contribution in [-0.2, 0) is 16.0 Å². The summed E-state index contributed by atoms with van der Waals surface area (Å²) in [5, 5.41) is 3.51. The normalized spacial score (nSPS) is 12.7. The fraction of sp³-hybridized carbons (Fsp3) is 0.214. The molecule has 0 aliphatic rings. The van der Waals surface area contributed by atoms with Gasteiger partial charge in [-0.05, 0) is 28.1 Å². The van der Waals surface area contributed by atoms with E-state index in [-0.39, 0.29) is 27.7 Å². The summed E-state index contributed by atoms with van der Waals surface area (Å²) in [5.74, 6) is -0.181. The molecular weight excluding hydrogens is 425 g/mol. The maximum atomic E-state index is 12.9. The van der Waals surface area contributed by atoms with E-state index in [1.165, 1.54) is 31.5 Å². The van der Waals surface area contributed by atoms with E-state index in [1.54, 1.807) is 0 Å². The predicted octanol–water partition coefficient (Wildman–Crippen LogP) is 3.37. The number of halogens is 4. The van der Waals surface area contributed by atoms with Gasteiger partial charge in [-0.25, -0.2) is 17.9 Å². The van der Waals surface area contributed by atoms with Gasteiger partial charge in [-0.3, -0.25) is 4.98 Å². The van der Waals surface area contributed by atoms with Gasteiger partial charge in [0.15, 0.2) is 21.2 Å². The minimum absolute atomic E-state index is 0.00859. The highest BCUT2D eigenvalue weighted by atomic mass is 79.9. The van der Waals surface area contributed by atoms with Crippen molar-refractivity contribution in [3.8, 4) is 11.4 Å². The van der Waals surface area contributed by atoms with Crippen molar-refractivity contribution in [2.45, 2.75) is 18.0 Å². The molecule has 3 rings (SSSR count). The van der Waals surface area contributed by atoms with Crippen molar-refractivity contribution in [3.63, 3.8) is 0 Å².